The first-order chi connectivity index (χ1) is 10.7. The molecular formula is C19H29NO2. The van der Waals surface area contributed by atoms with Gasteiger partial charge in [0.2, 0.25) is 5.91 Å². The van der Waals surface area contributed by atoms with E-state index in [0.717, 1.165) is 38.0 Å². The van der Waals surface area contributed by atoms with E-state index in [1.165, 1.54) is 18.4 Å². The Hall–Kier alpha value is -1.51. The van der Waals surface area contributed by atoms with Gasteiger partial charge in [-0.25, -0.2) is 0 Å². The Morgan fingerprint density at radius 2 is 2.00 bits per heavy atom. The van der Waals surface area contributed by atoms with Crippen LogP contribution < -0.4 is 4.74 Å². The van der Waals surface area contributed by atoms with Crippen molar-refractivity contribution in [3.8, 4) is 5.75 Å². The molecule has 0 bridgehead atoms. The van der Waals surface area contributed by atoms with Crippen LogP contribution in [0, 0.1) is 5.92 Å². The van der Waals surface area contributed by atoms with Crippen LogP contribution in [0.4, 0.5) is 0 Å². The molecule has 1 aliphatic rings. The highest BCUT2D eigenvalue weighted by Crippen LogP contribution is 2.32. The van der Waals surface area contributed by atoms with Gasteiger partial charge in [0.05, 0.1) is 13.2 Å². The number of nitrogens with zero attached hydrogens (tertiary/aromatic N) is 1. The molecule has 22 heavy (non-hydrogen) atoms. The van der Waals surface area contributed by atoms with Crippen LogP contribution in [0.15, 0.2) is 24.3 Å². The molecule has 3 heteroatoms. The number of methoxy groups -OCH3 is 1. The summed E-state index contributed by atoms with van der Waals surface area (Å²) in [6.45, 7) is 5.11. The Labute approximate surface area is 134 Å². The number of amides is 1. The van der Waals surface area contributed by atoms with Crippen LogP contribution in [-0.2, 0) is 4.79 Å². The van der Waals surface area contributed by atoms with Gasteiger partial charge in [0.25, 0.3) is 0 Å². The molecule has 1 aliphatic heterocycles. The van der Waals surface area contributed by atoms with Gasteiger partial charge in [-0.15, -0.1) is 0 Å². The molecule has 2 rings (SSSR count). The topological polar surface area (TPSA) is 29.5 Å². The summed E-state index contributed by atoms with van der Waals surface area (Å²) in [5.74, 6) is 1.32. The lowest BCUT2D eigenvalue weighted by molar-refractivity contribution is -0.137. The van der Waals surface area contributed by atoms with Crippen LogP contribution >= 0.6 is 0 Å². The quantitative estimate of drug-likeness (QED) is 0.797. The maximum absolute atomic E-state index is 12.8. The van der Waals surface area contributed by atoms with Crippen molar-refractivity contribution in [2.45, 2.75) is 58.4 Å². The van der Waals surface area contributed by atoms with Crippen molar-refractivity contribution < 1.29 is 9.53 Å². The molecule has 122 valence electrons. The molecule has 1 aromatic carbocycles. The molecule has 0 aliphatic carbocycles. The number of hydrogen-bond acceptors (Lipinski definition) is 2. The third kappa shape index (κ3) is 4.02. The lowest BCUT2D eigenvalue weighted by atomic mass is 9.98. The number of carbonyl (C=O) groups excluding carboxylic acids is 1. The molecule has 0 radical (unpaired) electrons. The van der Waals surface area contributed by atoms with Crippen LogP contribution in [0.2, 0.25) is 0 Å². The van der Waals surface area contributed by atoms with Crippen molar-refractivity contribution in [3.63, 3.8) is 0 Å². The standard InChI is InChI=1S/C19H29NO2/c1-4-8-15(2)19(21)20-14-7-5-6-9-18(20)16-10-12-17(22-3)13-11-16/h10-13,15,18H,4-9,14H2,1-3H3. The predicted molar refractivity (Wildman–Crippen MR) is 90.0 cm³/mol. The van der Waals surface area contributed by atoms with Gasteiger partial charge >= 0.3 is 0 Å². The van der Waals surface area contributed by atoms with E-state index < -0.39 is 0 Å². The zero-order valence-corrected chi connectivity index (χ0v) is 14.2. The number of hydrogen-bond donors (Lipinski definition) is 0. The van der Waals surface area contributed by atoms with Gasteiger partial charge in [0, 0.05) is 12.5 Å². The Bertz CT molecular complexity index is 469. The highest BCUT2D eigenvalue weighted by molar-refractivity contribution is 5.79. The normalized spacial score (nSPS) is 20.3. The molecule has 1 aromatic rings. The van der Waals surface area contributed by atoms with E-state index in [1.807, 2.05) is 12.1 Å². The second-order valence-corrected chi connectivity index (χ2v) is 6.36. The zero-order chi connectivity index (χ0) is 15.9. The van der Waals surface area contributed by atoms with Crippen molar-refractivity contribution in [2.75, 3.05) is 13.7 Å². The fourth-order valence-corrected chi connectivity index (χ4v) is 3.38. The van der Waals surface area contributed by atoms with Gasteiger partial charge in [-0.2, -0.15) is 0 Å². The number of carbonyl (C=O) groups is 1. The summed E-state index contributed by atoms with van der Waals surface area (Å²) in [6, 6.07) is 8.44. The summed E-state index contributed by atoms with van der Waals surface area (Å²) < 4.78 is 5.25. The maximum Gasteiger partial charge on any atom is 0.225 e. The summed E-state index contributed by atoms with van der Waals surface area (Å²) in [5, 5.41) is 0. The third-order valence-electron chi connectivity index (χ3n) is 4.68. The number of rotatable bonds is 5. The monoisotopic (exact) mass is 303 g/mol. The molecule has 2 unspecified atom stereocenters. The van der Waals surface area contributed by atoms with Crippen molar-refractivity contribution in [1.82, 2.24) is 4.90 Å². The van der Waals surface area contributed by atoms with Gasteiger partial charge in [-0.3, -0.25) is 4.79 Å². The smallest absolute Gasteiger partial charge is 0.225 e. The van der Waals surface area contributed by atoms with Crippen LogP contribution in [0.25, 0.3) is 0 Å². The van der Waals surface area contributed by atoms with E-state index in [2.05, 4.69) is 30.9 Å². The molecule has 3 nitrogen and oxygen atoms in total. The largest absolute Gasteiger partial charge is 0.497 e. The van der Waals surface area contributed by atoms with Crippen LogP contribution in [0.5, 0.6) is 5.75 Å². The fourth-order valence-electron chi connectivity index (χ4n) is 3.38. The summed E-state index contributed by atoms with van der Waals surface area (Å²) in [4.78, 5) is 15.0. The van der Waals surface area contributed by atoms with E-state index in [9.17, 15) is 4.79 Å². The first-order valence-electron chi connectivity index (χ1n) is 8.61. The fraction of sp³-hybridized carbons (Fsp3) is 0.632. The molecule has 0 aromatic heterocycles. The van der Waals surface area contributed by atoms with Gasteiger partial charge in [-0.05, 0) is 37.0 Å². The first-order valence-corrected chi connectivity index (χ1v) is 8.61. The SMILES string of the molecule is CCCC(C)C(=O)N1CCCCCC1c1ccc(OC)cc1. The van der Waals surface area contributed by atoms with Gasteiger partial charge in [-0.1, -0.05) is 45.2 Å². The minimum Gasteiger partial charge on any atom is -0.497 e. The maximum atomic E-state index is 12.8. The second-order valence-electron chi connectivity index (χ2n) is 6.36. The minimum absolute atomic E-state index is 0.129. The third-order valence-corrected chi connectivity index (χ3v) is 4.68. The summed E-state index contributed by atoms with van der Waals surface area (Å²) in [5.41, 5.74) is 1.24. The summed E-state index contributed by atoms with van der Waals surface area (Å²) >= 11 is 0. The van der Waals surface area contributed by atoms with Gasteiger partial charge in [0.15, 0.2) is 0 Å². The Kier molecular flexibility index (Phi) is 6.29. The number of ether oxygens (including phenoxy) is 1. The van der Waals surface area contributed by atoms with Crippen molar-refractivity contribution in [3.05, 3.63) is 29.8 Å². The van der Waals surface area contributed by atoms with Crippen molar-refractivity contribution >= 4 is 5.91 Å². The number of benzene rings is 1. The molecule has 1 heterocycles. The van der Waals surface area contributed by atoms with E-state index in [4.69, 9.17) is 4.74 Å². The lowest BCUT2D eigenvalue weighted by Crippen LogP contribution is -2.38. The van der Waals surface area contributed by atoms with Crippen molar-refractivity contribution in [2.24, 2.45) is 5.92 Å². The van der Waals surface area contributed by atoms with E-state index in [0.29, 0.717) is 5.91 Å². The highest BCUT2D eigenvalue weighted by Gasteiger charge is 2.29. The molecule has 1 saturated heterocycles. The first kappa shape index (κ1) is 16.9. The molecular weight excluding hydrogens is 274 g/mol. The average Bonchev–Trinajstić information content (AvgIpc) is 2.80. The Morgan fingerprint density at radius 1 is 1.27 bits per heavy atom. The van der Waals surface area contributed by atoms with E-state index in [1.54, 1.807) is 7.11 Å². The lowest BCUT2D eigenvalue weighted by Gasteiger charge is -2.32. The molecule has 1 fully saturated rings. The van der Waals surface area contributed by atoms with Gasteiger partial charge in [0.1, 0.15) is 5.75 Å². The van der Waals surface area contributed by atoms with Crippen LogP contribution in [0.3, 0.4) is 0 Å². The highest BCUT2D eigenvalue weighted by atomic mass is 16.5. The second kappa shape index (κ2) is 8.21. The van der Waals surface area contributed by atoms with Crippen LogP contribution in [0.1, 0.15) is 64.0 Å². The zero-order valence-electron chi connectivity index (χ0n) is 14.2. The Balaban J connectivity index is 2.21. The molecule has 2 atom stereocenters. The van der Waals surface area contributed by atoms with E-state index in [-0.39, 0.29) is 12.0 Å². The molecule has 0 N–H and O–H groups in total. The minimum atomic E-state index is 0.129. The molecule has 0 spiro atoms. The van der Waals surface area contributed by atoms with Gasteiger partial charge < -0.3 is 9.64 Å². The molecule has 1 amide bonds. The predicted octanol–water partition coefficient (Wildman–Crippen LogP) is 4.58. The average molecular weight is 303 g/mol. The summed E-state index contributed by atoms with van der Waals surface area (Å²) in [7, 11) is 1.68. The summed E-state index contributed by atoms with van der Waals surface area (Å²) in [6.07, 6.45) is 6.65. The van der Waals surface area contributed by atoms with E-state index >= 15 is 0 Å². The molecule has 0 saturated carbocycles. The Morgan fingerprint density at radius 3 is 2.64 bits per heavy atom. The number of likely N-dealkylation sites (tertiary alicyclic amines) is 1. The van der Waals surface area contributed by atoms with Crippen molar-refractivity contribution in [1.29, 1.82) is 0 Å². The van der Waals surface area contributed by atoms with Crippen LogP contribution in [-0.4, -0.2) is 24.5 Å².